The van der Waals surface area contributed by atoms with E-state index < -0.39 is 17.4 Å². The van der Waals surface area contributed by atoms with E-state index in [2.05, 4.69) is 155 Å². The minimum absolute atomic E-state index is 0. The van der Waals surface area contributed by atoms with Crippen LogP contribution in [0.5, 0.6) is 0 Å². The van der Waals surface area contributed by atoms with Crippen LogP contribution < -0.4 is 0 Å². The molecule has 2 aliphatic rings. The van der Waals surface area contributed by atoms with E-state index >= 15 is 0 Å². The molecule has 0 saturated carbocycles. The van der Waals surface area contributed by atoms with Crippen molar-refractivity contribution in [2.75, 3.05) is 0 Å². The summed E-state index contributed by atoms with van der Waals surface area (Å²) in [7, 11) is 0. The summed E-state index contributed by atoms with van der Waals surface area (Å²) in [6.45, 7) is 16.5. The zero-order chi connectivity index (χ0) is 28.7. The monoisotopic (exact) mass is 690 g/mol. The van der Waals surface area contributed by atoms with Crippen molar-refractivity contribution in [1.29, 1.82) is 0 Å². The fourth-order valence-corrected chi connectivity index (χ4v) is 24.0. The topological polar surface area (TPSA) is 0 Å². The molecule has 0 radical (unpaired) electrons. The summed E-state index contributed by atoms with van der Waals surface area (Å²) in [5.41, 5.74) is 14.9. The van der Waals surface area contributed by atoms with Crippen LogP contribution >= 0.6 is 24.8 Å². The maximum Gasteiger partial charge on any atom is -0.147 e. The Balaban J connectivity index is 0.00000202. The molecule has 42 heavy (non-hydrogen) atoms. The third-order valence-electron chi connectivity index (χ3n) is 9.72. The second kappa shape index (κ2) is 11.0. The second-order valence-corrected chi connectivity index (χ2v) is 46.1. The summed E-state index contributed by atoms with van der Waals surface area (Å²) in [4.78, 5) is 0. The fourth-order valence-electron chi connectivity index (χ4n) is 7.40. The van der Waals surface area contributed by atoms with E-state index in [1.807, 2.05) is 0 Å². The minimum atomic E-state index is -3.64. The maximum absolute atomic E-state index is 3.64. The smallest absolute Gasteiger partial charge is 0.147 e. The first-order chi connectivity index (χ1) is 18.7. The Kier molecular flexibility index (Phi) is 8.72. The van der Waals surface area contributed by atoms with Crippen molar-refractivity contribution in [2.45, 2.75) is 68.9 Å². The average Bonchev–Trinajstić information content (AvgIpc) is 3.45. The third-order valence-corrected chi connectivity index (χ3v) is 27.1. The van der Waals surface area contributed by atoms with Gasteiger partial charge in [-0.25, -0.2) is 0 Å². The van der Waals surface area contributed by atoms with Gasteiger partial charge in [0.25, 0.3) is 0 Å². The van der Waals surface area contributed by atoms with Crippen LogP contribution in [0.15, 0.2) is 97.1 Å². The van der Waals surface area contributed by atoms with Crippen LogP contribution in [0.25, 0.3) is 16.7 Å². The number of benzene rings is 4. The Morgan fingerprint density at radius 3 is 1.55 bits per heavy atom. The molecular weight excluding hydrogens is 647 g/mol. The number of rotatable bonds is 3. The van der Waals surface area contributed by atoms with E-state index in [1.54, 1.807) is 16.7 Å². The minimum Gasteiger partial charge on any atom is -0.147 e. The van der Waals surface area contributed by atoms with E-state index in [0.717, 1.165) is 0 Å². The van der Waals surface area contributed by atoms with Gasteiger partial charge >= 0.3 is 246 Å². The third kappa shape index (κ3) is 5.40. The van der Waals surface area contributed by atoms with Gasteiger partial charge in [-0.2, -0.15) is 0 Å². The van der Waals surface area contributed by atoms with Crippen molar-refractivity contribution >= 4 is 37.3 Å². The average molecular weight is 693 g/mol. The predicted molar refractivity (Wildman–Crippen MR) is 189 cm³/mol. The molecule has 0 saturated heterocycles. The van der Waals surface area contributed by atoms with Gasteiger partial charge in [0.2, 0.25) is 0 Å². The molecule has 0 aromatic heterocycles. The Bertz CT molecular complexity index is 1680. The Hall–Kier alpha value is -1.70. The van der Waals surface area contributed by atoms with Crippen LogP contribution in [-0.4, -0.2) is 6.88 Å². The fraction of sp³-hybridized carbons (Fsp3) is 0.316. The number of halogens is 2. The van der Waals surface area contributed by atoms with E-state index in [9.17, 15) is 0 Å². The van der Waals surface area contributed by atoms with E-state index in [0.29, 0.717) is 7.25 Å². The molecule has 4 aromatic rings. The molecule has 0 bridgehead atoms. The Morgan fingerprint density at radius 1 is 0.571 bits per heavy atom. The Labute approximate surface area is 268 Å². The first-order valence-electron chi connectivity index (χ1n) is 14.9. The number of hydrogen-bond donors (Lipinski definition) is 0. The van der Waals surface area contributed by atoms with Gasteiger partial charge in [-0.05, 0) is 0 Å². The molecule has 0 nitrogen and oxygen atoms in total. The van der Waals surface area contributed by atoms with Crippen LogP contribution in [0, 0.1) is 0 Å². The summed E-state index contributed by atoms with van der Waals surface area (Å²) in [6, 6.07) is 35.2. The molecule has 220 valence electrons. The number of fused-ring (bicyclic) bond motifs is 4. The van der Waals surface area contributed by atoms with Gasteiger partial charge in [0.15, 0.2) is 0 Å². The molecule has 0 fully saturated rings. The summed E-state index contributed by atoms with van der Waals surface area (Å²) in [6.07, 6.45) is 2.67. The largest absolute Gasteiger partial charge is 0.147 e. The van der Waals surface area contributed by atoms with Crippen molar-refractivity contribution in [1.82, 2.24) is 0 Å². The predicted octanol–water partition coefficient (Wildman–Crippen LogP) is 10.7. The van der Waals surface area contributed by atoms with Gasteiger partial charge in [0.1, 0.15) is 0 Å². The second-order valence-electron chi connectivity index (χ2n) is 15.5. The molecule has 0 amide bonds. The van der Waals surface area contributed by atoms with Crippen LogP contribution in [0.2, 0.25) is 9.26 Å². The molecule has 4 aromatic carbocycles. The SMILES string of the molecule is CC(C)(C)c1ccc2c(c1)-c1cc(C(C)(C)C)ccc1[CH]2[Zr]([CH3])([CH3])(=[SiH2])[CH]1C=C(c2ccccc2)c2ccccc21.Cl.Cl. The molecular formula is C38H46Cl2SiZr. The van der Waals surface area contributed by atoms with Crippen LogP contribution in [-0.2, 0) is 28.2 Å². The normalized spacial score (nSPS) is 16.5. The van der Waals surface area contributed by atoms with Crippen molar-refractivity contribution in [3.8, 4) is 11.1 Å². The van der Waals surface area contributed by atoms with Gasteiger partial charge < -0.3 is 0 Å². The molecule has 4 heteroatoms. The summed E-state index contributed by atoms with van der Waals surface area (Å²) in [5, 5.41) is 0. The Morgan fingerprint density at radius 2 is 1.05 bits per heavy atom. The number of allylic oxidation sites excluding steroid dienone is 1. The van der Waals surface area contributed by atoms with Crippen molar-refractivity contribution < 1.29 is 17.4 Å². The van der Waals surface area contributed by atoms with Gasteiger partial charge in [-0.15, -0.1) is 24.8 Å². The summed E-state index contributed by atoms with van der Waals surface area (Å²) >= 11 is -3.64. The van der Waals surface area contributed by atoms with Gasteiger partial charge in [-0.1, -0.05) is 0 Å². The van der Waals surface area contributed by atoms with E-state index in [1.165, 1.54) is 39.0 Å². The quantitative estimate of drug-likeness (QED) is 0.188. The molecule has 0 spiro atoms. The molecule has 1 unspecified atom stereocenters. The number of hydrogen-bond acceptors (Lipinski definition) is 0. The summed E-state index contributed by atoms with van der Waals surface area (Å²) < 4.78 is 6.45. The molecule has 0 N–H and O–H groups in total. The molecule has 2 aliphatic carbocycles. The van der Waals surface area contributed by atoms with Crippen molar-refractivity contribution in [3.05, 3.63) is 136 Å². The van der Waals surface area contributed by atoms with Crippen LogP contribution in [0.4, 0.5) is 0 Å². The first-order valence-corrected chi connectivity index (χ1v) is 28.6. The van der Waals surface area contributed by atoms with Crippen molar-refractivity contribution in [3.63, 3.8) is 0 Å². The standard InChI is InChI=1S/C21H25.C15H11.2CH3.2ClH.H2Si.Zr/c1-20(2,3)16-9-7-14-11-15-8-10-17(21(4,5)6)13-19(15)18(14)12-16;1-2-6-12(7-3-1)15-11-10-13-8-4-5-9-14(13)15;;;;;;/h7-13H,1-6H3;1-11H;2*1H3;2*1H;1H2;. The van der Waals surface area contributed by atoms with E-state index in [4.69, 9.17) is 0 Å². The molecule has 1 atom stereocenters. The van der Waals surface area contributed by atoms with E-state index in [-0.39, 0.29) is 35.6 Å². The van der Waals surface area contributed by atoms with Crippen molar-refractivity contribution in [2.24, 2.45) is 0 Å². The van der Waals surface area contributed by atoms with Gasteiger partial charge in [0.05, 0.1) is 0 Å². The van der Waals surface area contributed by atoms with Crippen LogP contribution in [0.1, 0.15) is 87.7 Å². The molecule has 6 rings (SSSR count). The maximum atomic E-state index is 2.74. The summed E-state index contributed by atoms with van der Waals surface area (Å²) in [5.74, 6) is 0. The van der Waals surface area contributed by atoms with Gasteiger partial charge in [0, 0.05) is 0 Å². The first kappa shape index (κ1) is 33.2. The van der Waals surface area contributed by atoms with Crippen LogP contribution in [0.3, 0.4) is 0 Å². The van der Waals surface area contributed by atoms with Gasteiger partial charge in [-0.3, -0.25) is 0 Å². The zero-order valence-electron chi connectivity index (χ0n) is 26.4. The molecule has 0 heterocycles. The zero-order valence-corrected chi connectivity index (χ0v) is 31.9. The molecule has 0 aliphatic heterocycles.